The normalized spacial score (nSPS) is 14.3. The van der Waals surface area contributed by atoms with Gasteiger partial charge >= 0.3 is 5.97 Å². The van der Waals surface area contributed by atoms with Crippen LogP contribution in [0.3, 0.4) is 0 Å². The molecule has 2 N–H and O–H groups in total. The van der Waals surface area contributed by atoms with Crippen molar-refractivity contribution in [1.82, 2.24) is 0 Å². The van der Waals surface area contributed by atoms with E-state index in [0.717, 1.165) is 12.8 Å². The summed E-state index contributed by atoms with van der Waals surface area (Å²) < 4.78 is 0. The predicted octanol–water partition coefficient (Wildman–Crippen LogP) is 4.38. The van der Waals surface area contributed by atoms with E-state index in [1.54, 1.807) is 6.92 Å². The van der Waals surface area contributed by atoms with Gasteiger partial charge in [-0.25, -0.2) is 0 Å². The largest absolute Gasteiger partial charge is 0.481 e. The van der Waals surface area contributed by atoms with E-state index in [9.17, 15) is 9.90 Å². The summed E-state index contributed by atoms with van der Waals surface area (Å²) in [6.07, 6.45) is 12.5. The van der Waals surface area contributed by atoms with Gasteiger partial charge in [-0.2, -0.15) is 0 Å². The van der Waals surface area contributed by atoms with E-state index in [0.29, 0.717) is 6.42 Å². The van der Waals surface area contributed by atoms with E-state index in [1.165, 1.54) is 51.4 Å². The first-order valence-corrected chi connectivity index (χ1v) is 8.00. The van der Waals surface area contributed by atoms with Crippen LogP contribution in [0.25, 0.3) is 0 Å². The standard InChI is InChI=1S/C16H32O3/c1-3-4-5-6-7-8-9-10-11-12-13-15(17)14(2)16(18)19/h14-15,17H,3-13H2,1-2H3,(H,18,19)/t14-,15-/m1/s1. The predicted molar refractivity (Wildman–Crippen MR) is 79.3 cm³/mol. The minimum Gasteiger partial charge on any atom is -0.481 e. The first-order chi connectivity index (χ1) is 9.09. The van der Waals surface area contributed by atoms with Gasteiger partial charge in [-0.1, -0.05) is 71.1 Å². The summed E-state index contributed by atoms with van der Waals surface area (Å²) in [7, 11) is 0. The fourth-order valence-electron chi connectivity index (χ4n) is 2.26. The maximum absolute atomic E-state index is 10.7. The van der Waals surface area contributed by atoms with Crippen molar-refractivity contribution < 1.29 is 15.0 Å². The maximum Gasteiger partial charge on any atom is 0.308 e. The number of unbranched alkanes of at least 4 members (excludes halogenated alkanes) is 9. The number of hydrogen-bond acceptors (Lipinski definition) is 2. The van der Waals surface area contributed by atoms with Crippen molar-refractivity contribution in [3.05, 3.63) is 0 Å². The van der Waals surface area contributed by atoms with Crippen LogP contribution >= 0.6 is 0 Å². The van der Waals surface area contributed by atoms with Crippen LogP contribution in [-0.4, -0.2) is 22.3 Å². The molecular weight excluding hydrogens is 240 g/mol. The zero-order valence-electron chi connectivity index (χ0n) is 12.7. The summed E-state index contributed by atoms with van der Waals surface area (Å²) in [5.41, 5.74) is 0. The van der Waals surface area contributed by atoms with Gasteiger partial charge in [-0.15, -0.1) is 0 Å². The van der Waals surface area contributed by atoms with Crippen LogP contribution in [0.1, 0.15) is 84.5 Å². The molecule has 0 aromatic rings. The molecule has 19 heavy (non-hydrogen) atoms. The van der Waals surface area contributed by atoms with Crippen LogP contribution < -0.4 is 0 Å². The monoisotopic (exact) mass is 272 g/mol. The van der Waals surface area contributed by atoms with Crippen molar-refractivity contribution in [2.24, 2.45) is 5.92 Å². The van der Waals surface area contributed by atoms with Gasteiger partial charge in [-0.3, -0.25) is 4.79 Å². The highest BCUT2D eigenvalue weighted by Crippen LogP contribution is 2.14. The van der Waals surface area contributed by atoms with E-state index < -0.39 is 18.0 Å². The fourth-order valence-corrected chi connectivity index (χ4v) is 2.26. The molecule has 0 spiro atoms. The van der Waals surface area contributed by atoms with Gasteiger partial charge < -0.3 is 10.2 Å². The number of aliphatic hydroxyl groups is 1. The molecule has 0 saturated heterocycles. The molecule has 0 aliphatic heterocycles. The van der Waals surface area contributed by atoms with Crippen LogP contribution in [0.2, 0.25) is 0 Å². The minimum absolute atomic E-state index is 0.615. The third kappa shape index (κ3) is 11.0. The molecule has 3 heteroatoms. The van der Waals surface area contributed by atoms with Gasteiger partial charge in [0.05, 0.1) is 12.0 Å². The zero-order chi connectivity index (χ0) is 14.5. The van der Waals surface area contributed by atoms with E-state index in [4.69, 9.17) is 5.11 Å². The van der Waals surface area contributed by atoms with Crippen LogP contribution in [0.5, 0.6) is 0 Å². The van der Waals surface area contributed by atoms with E-state index in [1.807, 2.05) is 0 Å². The maximum atomic E-state index is 10.7. The number of carbonyl (C=O) groups is 1. The molecular formula is C16H32O3. The third-order valence-electron chi connectivity index (χ3n) is 3.82. The SMILES string of the molecule is CCCCCCCCCCCC[C@@H](O)[C@@H](C)C(=O)O. The lowest BCUT2D eigenvalue weighted by atomic mass is 9.98. The second-order valence-electron chi connectivity index (χ2n) is 5.66. The summed E-state index contributed by atoms with van der Waals surface area (Å²) in [6.45, 7) is 3.81. The van der Waals surface area contributed by atoms with Gasteiger partial charge in [0, 0.05) is 0 Å². The van der Waals surface area contributed by atoms with Crippen LogP contribution in [0, 0.1) is 5.92 Å². The number of carboxylic acid groups (broad SMARTS) is 1. The highest BCUT2D eigenvalue weighted by atomic mass is 16.4. The fraction of sp³-hybridized carbons (Fsp3) is 0.938. The van der Waals surface area contributed by atoms with E-state index >= 15 is 0 Å². The highest BCUT2D eigenvalue weighted by molar-refractivity contribution is 5.70. The molecule has 0 radical (unpaired) electrons. The molecule has 0 heterocycles. The Balaban J connectivity index is 3.25. The number of aliphatic hydroxyl groups excluding tert-OH is 1. The van der Waals surface area contributed by atoms with Crippen molar-refractivity contribution in [2.75, 3.05) is 0 Å². The average molecular weight is 272 g/mol. The number of aliphatic carboxylic acids is 1. The molecule has 0 fully saturated rings. The molecule has 114 valence electrons. The van der Waals surface area contributed by atoms with Gasteiger partial charge in [0.1, 0.15) is 0 Å². The first-order valence-electron chi connectivity index (χ1n) is 8.00. The Morgan fingerprint density at radius 1 is 0.895 bits per heavy atom. The zero-order valence-corrected chi connectivity index (χ0v) is 12.7. The molecule has 0 unspecified atom stereocenters. The lowest BCUT2D eigenvalue weighted by Gasteiger charge is -2.14. The Morgan fingerprint density at radius 3 is 1.74 bits per heavy atom. The van der Waals surface area contributed by atoms with Crippen molar-refractivity contribution >= 4 is 5.97 Å². The molecule has 0 amide bonds. The highest BCUT2D eigenvalue weighted by Gasteiger charge is 2.20. The summed E-state index contributed by atoms with van der Waals surface area (Å²) in [6, 6.07) is 0. The topological polar surface area (TPSA) is 57.5 Å². The number of hydrogen-bond donors (Lipinski definition) is 2. The Bertz CT molecular complexity index is 216. The third-order valence-corrected chi connectivity index (χ3v) is 3.82. The summed E-state index contributed by atoms with van der Waals surface area (Å²) in [4.78, 5) is 10.7. The van der Waals surface area contributed by atoms with Crippen LogP contribution in [-0.2, 0) is 4.79 Å². The molecule has 0 saturated carbocycles. The molecule has 0 rings (SSSR count). The van der Waals surface area contributed by atoms with Crippen molar-refractivity contribution in [1.29, 1.82) is 0 Å². The smallest absolute Gasteiger partial charge is 0.308 e. The Hall–Kier alpha value is -0.570. The van der Waals surface area contributed by atoms with Gasteiger partial charge in [0.25, 0.3) is 0 Å². The van der Waals surface area contributed by atoms with Gasteiger partial charge in [0.2, 0.25) is 0 Å². The quantitative estimate of drug-likeness (QED) is 0.489. The number of rotatable bonds is 13. The van der Waals surface area contributed by atoms with Gasteiger partial charge in [0.15, 0.2) is 0 Å². The minimum atomic E-state index is -0.903. The lowest BCUT2D eigenvalue weighted by Crippen LogP contribution is -2.25. The number of carboxylic acids is 1. The first kappa shape index (κ1) is 18.4. The molecule has 0 aromatic carbocycles. The average Bonchev–Trinajstić information content (AvgIpc) is 2.39. The van der Waals surface area contributed by atoms with Crippen molar-refractivity contribution in [3.63, 3.8) is 0 Å². The molecule has 3 nitrogen and oxygen atoms in total. The van der Waals surface area contributed by atoms with Gasteiger partial charge in [-0.05, 0) is 13.3 Å². The molecule has 0 aromatic heterocycles. The molecule has 0 aliphatic carbocycles. The van der Waals surface area contributed by atoms with Crippen molar-refractivity contribution in [3.8, 4) is 0 Å². The summed E-state index contributed by atoms with van der Waals surface area (Å²) in [5.74, 6) is -1.54. The Morgan fingerprint density at radius 2 is 1.32 bits per heavy atom. The van der Waals surface area contributed by atoms with Crippen molar-refractivity contribution in [2.45, 2.75) is 90.6 Å². The van der Waals surface area contributed by atoms with E-state index in [-0.39, 0.29) is 0 Å². The van der Waals surface area contributed by atoms with E-state index in [2.05, 4.69) is 6.92 Å². The Labute approximate surface area is 118 Å². The summed E-state index contributed by atoms with van der Waals surface area (Å²) >= 11 is 0. The van der Waals surface area contributed by atoms with Crippen LogP contribution in [0.15, 0.2) is 0 Å². The summed E-state index contributed by atoms with van der Waals surface area (Å²) in [5, 5.41) is 18.4. The molecule has 0 bridgehead atoms. The molecule has 2 atom stereocenters. The second-order valence-corrected chi connectivity index (χ2v) is 5.66. The van der Waals surface area contributed by atoms with Crippen LogP contribution in [0.4, 0.5) is 0 Å². The molecule has 0 aliphatic rings. The lowest BCUT2D eigenvalue weighted by molar-refractivity contribution is -0.144. The Kier molecular flexibility index (Phi) is 12.1. The second kappa shape index (κ2) is 12.5.